The van der Waals surface area contributed by atoms with E-state index in [-0.39, 0.29) is 0 Å². The Bertz CT molecular complexity index is 652. The zero-order valence-corrected chi connectivity index (χ0v) is 11.7. The molecule has 0 aliphatic carbocycles. The Labute approximate surface area is 119 Å². The standard InChI is InChI=1S/C17H19N3/c1-18-10-4-16(5-11-18)17-6-12-20(13-7-17)15-14-19-8-2-3-9-19/h2-13H,14-15H2,1H3/q+2. The van der Waals surface area contributed by atoms with Crippen LogP contribution in [0, 0.1) is 0 Å². The van der Waals surface area contributed by atoms with E-state index in [9.17, 15) is 0 Å². The largest absolute Gasteiger partial charge is 0.348 e. The van der Waals surface area contributed by atoms with Gasteiger partial charge in [0.25, 0.3) is 0 Å². The van der Waals surface area contributed by atoms with Crippen molar-refractivity contribution in [2.45, 2.75) is 13.1 Å². The first-order chi connectivity index (χ1) is 9.81. The van der Waals surface area contributed by atoms with Crippen molar-refractivity contribution < 1.29 is 9.13 Å². The van der Waals surface area contributed by atoms with Gasteiger partial charge in [-0.1, -0.05) is 0 Å². The molecule has 0 fully saturated rings. The fraction of sp³-hybridized carbons (Fsp3) is 0.176. The van der Waals surface area contributed by atoms with E-state index in [1.165, 1.54) is 11.1 Å². The SMILES string of the molecule is C[n+]1ccc(-c2cc[n+](CCn3cccc3)cc2)cc1. The highest BCUT2D eigenvalue weighted by Gasteiger charge is 2.04. The van der Waals surface area contributed by atoms with Gasteiger partial charge in [0, 0.05) is 36.7 Å². The molecular weight excluding hydrogens is 246 g/mol. The zero-order chi connectivity index (χ0) is 13.8. The van der Waals surface area contributed by atoms with Gasteiger partial charge in [0.05, 0.1) is 6.54 Å². The lowest BCUT2D eigenvalue weighted by Gasteiger charge is -2.02. The Morgan fingerprint density at radius 3 is 2.00 bits per heavy atom. The van der Waals surface area contributed by atoms with Crippen molar-refractivity contribution in [3.8, 4) is 11.1 Å². The Hall–Kier alpha value is -2.42. The molecule has 3 aromatic rings. The summed E-state index contributed by atoms with van der Waals surface area (Å²) in [5, 5.41) is 0. The Kier molecular flexibility index (Phi) is 3.59. The van der Waals surface area contributed by atoms with E-state index in [2.05, 4.69) is 82.7 Å². The van der Waals surface area contributed by atoms with Crippen molar-refractivity contribution in [1.29, 1.82) is 0 Å². The topological polar surface area (TPSA) is 12.7 Å². The van der Waals surface area contributed by atoms with Crippen LogP contribution in [-0.4, -0.2) is 4.57 Å². The number of pyridine rings is 2. The highest BCUT2D eigenvalue weighted by Crippen LogP contribution is 2.15. The maximum Gasteiger partial charge on any atom is 0.169 e. The summed E-state index contributed by atoms with van der Waals surface area (Å²) < 4.78 is 6.45. The van der Waals surface area contributed by atoms with Crippen LogP contribution in [0.15, 0.2) is 73.6 Å². The quantitative estimate of drug-likeness (QED) is 0.640. The molecule has 0 spiro atoms. The molecule has 0 amide bonds. The minimum absolute atomic E-state index is 0.985. The Morgan fingerprint density at radius 1 is 0.850 bits per heavy atom. The number of aromatic nitrogens is 3. The van der Waals surface area contributed by atoms with Gasteiger partial charge in [-0.25, -0.2) is 9.13 Å². The van der Waals surface area contributed by atoms with Crippen LogP contribution in [0.2, 0.25) is 0 Å². The molecule has 3 aromatic heterocycles. The number of hydrogen-bond acceptors (Lipinski definition) is 0. The van der Waals surface area contributed by atoms with E-state index in [0.29, 0.717) is 0 Å². The smallest absolute Gasteiger partial charge is 0.169 e. The maximum absolute atomic E-state index is 2.21. The van der Waals surface area contributed by atoms with Crippen LogP contribution in [0.4, 0.5) is 0 Å². The monoisotopic (exact) mass is 265 g/mol. The highest BCUT2D eigenvalue weighted by molar-refractivity contribution is 5.60. The lowest BCUT2D eigenvalue weighted by Crippen LogP contribution is -2.34. The molecule has 0 saturated heterocycles. The van der Waals surface area contributed by atoms with E-state index < -0.39 is 0 Å². The van der Waals surface area contributed by atoms with Crippen molar-refractivity contribution in [3.63, 3.8) is 0 Å². The van der Waals surface area contributed by atoms with Gasteiger partial charge in [0.1, 0.15) is 7.05 Å². The molecule has 100 valence electrons. The van der Waals surface area contributed by atoms with E-state index in [1.807, 2.05) is 11.6 Å². The van der Waals surface area contributed by atoms with E-state index in [1.54, 1.807) is 0 Å². The molecular formula is C17H19N3+2. The van der Waals surface area contributed by atoms with Gasteiger partial charge < -0.3 is 4.57 Å². The van der Waals surface area contributed by atoms with Gasteiger partial charge in [-0.15, -0.1) is 0 Å². The molecule has 3 nitrogen and oxygen atoms in total. The second kappa shape index (κ2) is 5.70. The molecule has 0 atom stereocenters. The second-order valence-electron chi connectivity index (χ2n) is 5.00. The molecule has 0 radical (unpaired) electrons. The predicted molar refractivity (Wildman–Crippen MR) is 77.7 cm³/mol. The molecule has 3 heterocycles. The lowest BCUT2D eigenvalue weighted by atomic mass is 10.1. The predicted octanol–water partition coefficient (Wildman–Crippen LogP) is 1.97. The minimum Gasteiger partial charge on any atom is -0.348 e. The number of aryl methyl sites for hydroxylation is 3. The number of rotatable bonds is 4. The van der Waals surface area contributed by atoms with Crippen molar-refractivity contribution >= 4 is 0 Å². The summed E-state index contributed by atoms with van der Waals surface area (Å²) in [6.07, 6.45) is 12.6. The molecule has 0 N–H and O–H groups in total. The van der Waals surface area contributed by atoms with Crippen LogP contribution in [0.25, 0.3) is 11.1 Å². The lowest BCUT2D eigenvalue weighted by molar-refractivity contribution is -0.698. The van der Waals surface area contributed by atoms with Gasteiger partial charge in [-0.2, -0.15) is 0 Å². The first-order valence-electron chi connectivity index (χ1n) is 6.87. The minimum atomic E-state index is 0.985. The summed E-state index contributed by atoms with van der Waals surface area (Å²) in [5.74, 6) is 0. The molecule has 0 unspecified atom stereocenters. The van der Waals surface area contributed by atoms with E-state index in [4.69, 9.17) is 0 Å². The van der Waals surface area contributed by atoms with Crippen molar-refractivity contribution in [2.24, 2.45) is 7.05 Å². The zero-order valence-electron chi connectivity index (χ0n) is 11.7. The third-order valence-electron chi connectivity index (χ3n) is 3.49. The van der Waals surface area contributed by atoms with Gasteiger partial charge >= 0.3 is 0 Å². The number of hydrogen-bond donors (Lipinski definition) is 0. The average Bonchev–Trinajstić information content (AvgIpc) is 3.00. The van der Waals surface area contributed by atoms with Crippen LogP contribution in [0.3, 0.4) is 0 Å². The Morgan fingerprint density at radius 2 is 1.40 bits per heavy atom. The average molecular weight is 265 g/mol. The fourth-order valence-corrected chi connectivity index (χ4v) is 2.24. The van der Waals surface area contributed by atoms with Crippen molar-refractivity contribution in [3.05, 3.63) is 73.6 Å². The van der Waals surface area contributed by atoms with E-state index >= 15 is 0 Å². The number of nitrogens with zero attached hydrogens (tertiary/aromatic N) is 3. The summed E-state index contributed by atoms with van der Waals surface area (Å²) in [7, 11) is 2.03. The normalized spacial score (nSPS) is 10.7. The molecule has 0 saturated carbocycles. The van der Waals surface area contributed by atoms with Gasteiger partial charge in [0.15, 0.2) is 31.3 Å². The molecule has 3 heteroatoms. The molecule has 0 aromatic carbocycles. The summed E-state index contributed by atoms with van der Waals surface area (Å²) in [6, 6.07) is 12.7. The van der Waals surface area contributed by atoms with Crippen molar-refractivity contribution in [1.82, 2.24) is 4.57 Å². The highest BCUT2D eigenvalue weighted by atomic mass is 15.0. The first-order valence-corrected chi connectivity index (χ1v) is 6.87. The van der Waals surface area contributed by atoms with Crippen LogP contribution < -0.4 is 9.13 Å². The summed E-state index contributed by atoms with van der Waals surface area (Å²) in [6.45, 7) is 1.98. The van der Waals surface area contributed by atoms with Gasteiger partial charge in [-0.3, -0.25) is 0 Å². The van der Waals surface area contributed by atoms with Crippen molar-refractivity contribution in [2.75, 3.05) is 0 Å². The van der Waals surface area contributed by atoms with Gasteiger partial charge in [-0.05, 0) is 23.3 Å². The van der Waals surface area contributed by atoms with Crippen LogP contribution in [0.1, 0.15) is 0 Å². The van der Waals surface area contributed by atoms with Crippen LogP contribution in [0.5, 0.6) is 0 Å². The first kappa shape index (κ1) is 12.6. The summed E-state index contributed by atoms with van der Waals surface area (Å²) in [4.78, 5) is 0. The Balaban J connectivity index is 1.69. The van der Waals surface area contributed by atoms with Gasteiger partial charge in [0.2, 0.25) is 0 Å². The molecule has 20 heavy (non-hydrogen) atoms. The van der Waals surface area contributed by atoms with Crippen LogP contribution in [-0.2, 0) is 20.1 Å². The molecule has 0 aliphatic rings. The molecule has 0 aliphatic heterocycles. The third kappa shape index (κ3) is 2.94. The maximum atomic E-state index is 2.21. The summed E-state index contributed by atoms with van der Waals surface area (Å²) >= 11 is 0. The third-order valence-corrected chi connectivity index (χ3v) is 3.49. The molecule has 0 bridgehead atoms. The van der Waals surface area contributed by atoms with Crippen LogP contribution >= 0.6 is 0 Å². The fourth-order valence-electron chi connectivity index (χ4n) is 2.24. The summed E-state index contributed by atoms with van der Waals surface area (Å²) in [5.41, 5.74) is 2.50. The molecule has 3 rings (SSSR count). The van der Waals surface area contributed by atoms with E-state index in [0.717, 1.165) is 13.1 Å². The second-order valence-corrected chi connectivity index (χ2v) is 5.00.